The summed E-state index contributed by atoms with van der Waals surface area (Å²) in [7, 11) is 0. The van der Waals surface area contributed by atoms with Gasteiger partial charge in [0.2, 0.25) is 0 Å². The van der Waals surface area contributed by atoms with Gasteiger partial charge in [-0.1, -0.05) is 6.07 Å². The monoisotopic (exact) mass is 609 g/mol. The lowest BCUT2D eigenvalue weighted by Crippen LogP contribution is -2.46. The molecule has 17 heteroatoms. The standard InChI is InChI=1S/C19H19N5S2.2C2HF3O2/c1-2-16(26-10-1)13-22-6-8-23(9-7-22)18-19-21-12-17(15-3-11-25-14-15)24(19)5-4-20-18;2*3-2(4,5)1(6)7/h1-5,10-12,14H,6-9,13H2;2*(H,6,7). The molecule has 1 aliphatic rings. The topological polar surface area (TPSA) is 111 Å². The number of hydrogen-bond acceptors (Lipinski definition) is 8. The number of thiophene rings is 2. The van der Waals surface area contributed by atoms with Crippen molar-refractivity contribution in [3.63, 3.8) is 0 Å². The zero-order valence-corrected chi connectivity index (χ0v) is 21.9. The highest BCUT2D eigenvalue weighted by Gasteiger charge is 2.38. The molecule has 0 saturated carbocycles. The van der Waals surface area contributed by atoms with E-state index in [2.05, 4.69) is 58.5 Å². The number of nitrogens with zero attached hydrogens (tertiary/aromatic N) is 5. The van der Waals surface area contributed by atoms with E-state index in [4.69, 9.17) is 19.8 Å². The number of fused-ring (bicyclic) bond motifs is 1. The number of piperazine rings is 1. The van der Waals surface area contributed by atoms with E-state index in [1.165, 1.54) is 10.4 Å². The highest BCUT2D eigenvalue weighted by atomic mass is 32.1. The van der Waals surface area contributed by atoms with Crippen LogP contribution in [0.15, 0.2) is 52.9 Å². The molecule has 4 aromatic rings. The van der Waals surface area contributed by atoms with Gasteiger partial charge in [-0.3, -0.25) is 9.30 Å². The first kappa shape index (κ1) is 30.8. The quantitative estimate of drug-likeness (QED) is 0.307. The van der Waals surface area contributed by atoms with Crippen molar-refractivity contribution in [2.45, 2.75) is 18.9 Å². The third-order valence-electron chi connectivity index (χ3n) is 5.34. The molecule has 0 spiro atoms. The summed E-state index contributed by atoms with van der Waals surface area (Å²) in [6.07, 6.45) is -4.32. The Morgan fingerprint density at radius 2 is 1.55 bits per heavy atom. The molecule has 216 valence electrons. The maximum Gasteiger partial charge on any atom is 0.490 e. The number of aliphatic carboxylic acids is 2. The van der Waals surface area contributed by atoms with Gasteiger partial charge in [0.1, 0.15) is 0 Å². The van der Waals surface area contributed by atoms with Crippen LogP contribution in [0.5, 0.6) is 0 Å². The molecule has 40 heavy (non-hydrogen) atoms. The third kappa shape index (κ3) is 8.40. The smallest absolute Gasteiger partial charge is 0.475 e. The van der Waals surface area contributed by atoms with Gasteiger partial charge in [-0.2, -0.15) is 37.7 Å². The molecule has 2 N–H and O–H groups in total. The lowest BCUT2D eigenvalue weighted by molar-refractivity contribution is -0.193. The SMILES string of the molecule is O=C(O)C(F)(F)F.O=C(O)C(F)(F)F.c1csc(CN2CCN(c3nccn4c(-c5ccsc5)cnc34)CC2)c1. The molecule has 0 bridgehead atoms. The second kappa shape index (κ2) is 13.1. The Labute approximate surface area is 230 Å². The first-order chi connectivity index (χ1) is 18.8. The molecule has 9 nitrogen and oxygen atoms in total. The lowest BCUT2D eigenvalue weighted by atomic mass is 10.2. The molecule has 0 atom stereocenters. The molecule has 0 amide bonds. The van der Waals surface area contributed by atoms with E-state index in [1.807, 2.05) is 29.9 Å². The third-order valence-corrected chi connectivity index (χ3v) is 6.89. The number of rotatable bonds is 4. The van der Waals surface area contributed by atoms with Crippen LogP contribution < -0.4 is 4.90 Å². The summed E-state index contributed by atoms with van der Waals surface area (Å²) in [5.41, 5.74) is 3.28. The van der Waals surface area contributed by atoms with Crippen molar-refractivity contribution >= 4 is 46.1 Å². The molecule has 1 aliphatic heterocycles. The number of imidazole rings is 1. The number of carboxylic acids is 2. The predicted octanol–water partition coefficient (Wildman–Crippen LogP) is 5.11. The van der Waals surface area contributed by atoms with E-state index in [-0.39, 0.29) is 0 Å². The van der Waals surface area contributed by atoms with Gasteiger partial charge in [-0.15, -0.1) is 11.3 Å². The first-order valence-electron chi connectivity index (χ1n) is 11.2. The average molecular weight is 610 g/mol. The average Bonchev–Trinajstić information content (AvgIpc) is 3.66. The minimum atomic E-state index is -5.08. The molecule has 0 aromatic carbocycles. The van der Waals surface area contributed by atoms with Crippen LogP contribution in [0.1, 0.15) is 4.88 Å². The summed E-state index contributed by atoms with van der Waals surface area (Å²) < 4.78 is 65.6. The van der Waals surface area contributed by atoms with Crippen molar-refractivity contribution in [1.82, 2.24) is 19.3 Å². The van der Waals surface area contributed by atoms with Crippen molar-refractivity contribution in [2.24, 2.45) is 0 Å². The number of carbonyl (C=O) groups is 2. The van der Waals surface area contributed by atoms with Crippen molar-refractivity contribution in [1.29, 1.82) is 0 Å². The van der Waals surface area contributed by atoms with Gasteiger partial charge in [-0.25, -0.2) is 19.6 Å². The van der Waals surface area contributed by atoms with Crippen LogP contribution in [0.25, 0.3) is 16.9 Å². The van der Waals surface area contributed by atoms with Gasteiger partial charge in [0.25, 0.3) is 0 Å². The summed E-state index contributed by atoms with van der Waals surface area (Å²) in [5, 5.41) is 20.7. The van der Waals surface area contributed by atoms with Gasteiger partial charge in [0.15, 0.2) is 11.5 Å². The summed E-state index contributed by atoms with van der Waals surface area (Å²) in [4.78, 5) is 33.4. The zero-order chi connectivity index (χ0) is 29.5. The van der Waals surface area contributed by atoms with Crippen molar-refractivity contribution in [3.05, 3.63) is 57.8 Å². The second-order valence-electron chi connectivity index (χ2n) is 8.05. The van der Waals surface area contributed by atoms with Gasteiger partial charge in [0, 0.05) is 60.9 Å². The first-order valence-corrected chi connectivity index (χ1v) is 13.0. The van der Waals surface area contributed by atoms with E-state index in [1.54, 1.807) is 11.3 Å². The highest BCUT2D eigenvalue weighted by Crippen LogP contribution is 2.27. The number of alkyl halides is 6. The number of carboxylic acid groups (broad SMARTS) is 2. The van der Waals surface area contributed by atoms with Crippen LogP contribution in [0.4, 0.5) is 32.2 Å². The Bertz CT molecular complexity index is 1360. The van der Waals surface area contributed by atoms with Crippen LogP contribution >= 0.6 is 22.7 Å². The maximum absolute atomic E-state index is 10.6. The van der Waals surface area contributed by atoms with Crippen LogP contribution in [-0.2, 0) is 16.1 Å². The molecule has 1 fully saturated rings. The molecule has 0 unspecified atom stereocenters. The largest absolute Gasteiger partial charge is 0.490 e. The summed E-state index contributed by atoms with van der Waals surface area (Å²) in [6, 6.07) is 6.48. The molecule has 4 aromatic heterocycles. The minimum Gasteiger partial charge on any atom is -0.475 e. The van der Waals surface area contributed by atoms with E-state index >= 15 is 0 Å². The predicted molar refractivity (Wildman–Crippen MR) is 135 cm³/mol. The normalized spacial score (nSPS) is 14.2. The second-order valence-corrected chi connectivity index (χ2v) is 9.86. The Morgan fingerprint density at radius 3 is 2.05 bits per heavy atom. The Kier molecular flexibility index (Phi) is 10.1. The number of hydrogen-bond donors (Lipinski definition) is 2. The fraction of sp³-hybridized carbons (Fsp3) is 0.304. The molecular formula is C23H21F6N5O4S2. The van der Waals surface area contributed by atoms with Gasteiger partial charge >= 0.3 is 24.3 Å². The Balaban J connectivity index is 0.000000263. The van der Waals surface area contributed by atoms with Crippen molar-refractivity contribution in [3.8, 4) is 11.3 Å². The molecule has 1 saturated heterocycles. The van der Waals surface area contributed by atoms with Crippen LogP contribution in [0.3, 0.4) is 0 Å². The Morgan fingerprint density at radius 1 is 0.925 bits per heavy atom. The van der Waals surface area contributed by atoms with E-state index in [0.29, 0.717) is 0 Å². The summed E-state index contributed by atoms with van der Waals surface area (Å²) in [5.74, 6) is -4.52. The van der Waals surface area contributed by atoms with Gasteiger partial charge in [0.05, 0.1) is 11.9 Å². The number of halogens is 6. The van der Waals surface area contributed by atoms with Gasteiger partial charge < -0.3 is 15.1 Å². The fourth-order valence-corrected chi connectivity index (χ4v) is 4.89. The van der Waals surface area contributed by atoms with Crippen LogP contribution in [0.2, 0.25) is 0 Å². The van der Waals surface area contributed by atoms with Crippen LogP contribution in [0, 0.1) is 0 Å². The van der Waals surface area contributed by atoms with E-state index in [9.17, 15) is 26.3 Å². The maximum atomic E-state index is 10.6. The molecular weight excluding hydrogens is 588 g/mol. The number of anilines is 1. The highest BCUT2D eigenvalue weighted by molar-refractivity contribution is 7.09. The van der Waals surface area contributed by atoms with Gasteiger partial charge in [-0.05, 0) is 22.9 Å². The summed E-state index contributed by atoms with van der Waals surface area (Å²) >= 11 is 3.55. The van der Waals surface area contributed by atoms with E-state index < -0.39 is 24.3 Å². The van der Waals surface area contributed by atoms with Crippen molar-refractivity contribution in [2.75, 3.05) is 31.1 Å². The molecule has 0 aliphatic carbocycles. The van der Waals surface area contributed by atoms with Crippen molar-refractivity contribution < 1.29 is 46.1 Å². The molecule has 5 heterocycles. The number of aromatic nitrogens is 3. The summed E-state index contributed by atoms with van der Waals surface area (Å²) in [6.45, 7) is 5.13. The van der Waals surface area contributed by atoms with Crippen LogP contribution in [-0.4, -0.2) is 80.0 Å². The zero-order valence-electron chi connectivity index (χ0n) is 20.3. The molecule has 0 radical (unpaired) electrons. The fourth-order valence-electron chi connectivity index (χ4n) is 3.49. The molecule has 5 rings (SSSR count). The van der Waals surface area contributed by atoms with E-state index in [0.717, 1.165) is 49.9 Å². The Hall–Kier alpha value is -3.70. The lowest BCUT2D eigenvalue weighted by Gasteiger charge is -2.35. The minimum absolute atomic E-state index is 0.945.